The summed E-state index contributed by atoms with van der Waals surface area (Å²) in [6.07, 6.45) is 3.56. The van der Waals surface area contributed by atoms with Gasteiger partial charge in [0.2, 0.25) is 0 Å². The average Bonchev–Trinajstić information content (AvgIpc) is 3.31. The third-order valence-electron chi connectivity index (χ3n) is 4.57. The normalized spacial score (nSPS) is 19.9. The number of amides is 1. The van der Waals surface area contributed by atoms with Crippen molar-refractivity contribution in [3.8, 4) is 0 Å². The lowest BCUT2D eigenvalue weighted by Crippen LogP contribution is -2.26. The van der Waals surface area contributed by atoms with Gasteiger partial charge in [-0.2, -0.15) is 4.98 Å². The van der Waals surface area contributed by atoms with Crippen molar-refractivity contribution < 1.29 is 23.3 Å². The lowest BCUT2D eigenvalue weighted by atomic mass is 9.93. The Morgan fingerprint density at radius 1 is 1.32 bits per heavy atom. The Kier molecular flexibility index (Phi) is 4.12. The number of Topliss-reactive ketones (excluding diaryl/α,β-unsaturated/α-hetero) is 1. The lowest BCUT2D eigenvalue weighted by molar-refractivity contribution is 0.0835. The average molecular weight is 345 g/mol. The van der Waals surface area contributed by atoms with Crippen molar-refractivity contribution in [2.75, 3.05) is 6.61 Å². The fourth-order valence-electron chi connectivity index (χ4n) is 3.37. The number of furan rings is 1. The van der Waals surface area contributed by atoms with E-state index in [1.54, 1.807) is 6.92 Å². The number of aryl methyl sites for hydroxylation is 2. The van der Waals surface area contributed by atoms with E-state index in [1.165, 1.54) is 0 Å². The number of nitrogens with one attached hydrogen (secondary N) is 1. The van der Waals surface area contributed by atoms with Crippen LogP contribution in [0.15, 0.2) is 8.94 Å². The molecular formula is C17H19N3O5. The molecule has 1 N–H and O–H groups in total. The number of carbonyl (C=O) groups excluding carboxylic acids is 2. The molecule has 1 aliphatic carbocycles. The zero-order chi connectivity index (χ0) is 17.4. The van der Waals surface area contributed by atoms with Gasteiger partial charge in [0.15, 0.2) is 11.6 Å². The molecule has 0 radical (unpaired) electrons. The van der Waals surface area contributed by atoms with Gasteiger partial charge < -0.3 is 19.0 Å². The van der Waals surface area contributed by atoms with Gasteiger partial charge in [0.25, 0.3) is 11.8 Å². The number of ketones is 1. The van der Waals surface area contributed by atoms with E-state index in [0.29, 0.717) is 53.8 Å². The predicted molar refractivity (Wildman–Crippen MR) is 84.1 cm³/mol. The van der Waals surface area contributed by atoms with Crippen molar-refractivity contribution in [2.45, 2.75) is 51.7 Å². The van der Waals surface area contributed by atoms with Crippen LogP contribution in [0.5, 0.6) is 0 Å². The molecule has 8 heteroatoms. The first-order chi connectivity index (χ1) is 12.1. The summed E-state index contributed by atoms with van der Waals surface area (Å²) in [5.41, 5.74) is 0.747. The Bertz CT molecular complexity index is 816. The molecule has 132 valence electrons. The summed E-state index contributed by atoms with van der Waals surface area (Å²) in [6.45, 7) is 2.51. The van der Waals surface area contributed by atoms with E-state index in [1.807, 2.05) is 0 Å². The van der Waals surface area contributed by atoms with Crippen molar-refractivity contribution in [2.24, 2.45) is 0 Å². The molecule has 0 aromatic carbocycles. The van der Waals surface area contributed by atoms with Crippen molar-refractivity contribution >= 4 is 11.7 Å². The molecule has 1 saturated heterocycles. The van der Waals surface area contributed by atoms with Crippen molar-refractivity contribution in [1.29, 1.82) is 0 Å². The molecule has 0 unspecified atom stereocenters. The monoisotopic (exact) mass is 345 g/mol. The summed E-state index contributed by atoms with van der Waals surface area (Å²) in [5, 5.41) is 6.61. The summed E-state index contributed by atoms with van der Waals surface area (Å²) in [4.78, 5) is 29.0. The lowest BCUT2D eigenvalue weighted by Gasteiger charge is -2.09. The molecule has 8 nitrogen and oxygen atoms in total. The van der Waals surface area contributed by atoms with Crippen LogP contribution in [0.4, 0.5) is 0 Å². The van der Waals surface area contributed by atoms with Gasteiger partial charge >= 0.3 is 0 Å². The smallest absolute Gasteiger partial charge is 0.255 e. The van der Waals surface area contributed by atoms with Gasteiger partial charge in [0.1, 0.15) is 17.6 Å². The minimum Gasteiger partial charge on any atom is -0.465 e. The van der Waals surface area contributed by atoms with E-state index in [2.05, 4.69) is 15.5 Å². The first-order valence-corrected chi connectivity index (χ1v) is 8.51. The maximum absolute atomic E-state index is 12.5. The molecule has 0 spiro atoms. The van der Waals surface area contributed by atoms with Gasteiger partial charge in [-0.1, -0.05) is 5.16 Å². The molecule has 25 heavy (non-hydrogen) atoms. The number of hydrogen-bond acceptors (Lipinski definition) is 7. The van der Waals surface area contributed by atoms with Gasteiger partial charge in [-0.3, -0.25) is 9.59 Å². The van der Waals surface area contributed by atoms with Crippen LogP contribution in [0.2, 0.25) is 0 Å². The van der Waals surface area contributed by atoms with E-state index in [9.17, 15) is 9.59 Å². The zero-order valence-corrected chi connectivity index (χ0v) is 14.0. The highest BCUT2D eigenvalue weighted by molar-refractivity contribution is 6.09. The van der Waals surface area contributed by atoms with Crippen LogP contribution in [0, 0.1) is 6.92 Å². The highest BCUT2D eigenvalue weighted by Crippen LogP contribution is 2.30. The minimum atomic E-state index is -0.360. The summed E-state index contributed by atoms with van der Waals surface area (Å²) in [6, 6.07) is 0. The standard InChI is InChI=1S/C17H19N3O5/c1-9-14(15-10(21)4-2-5-11(15)24-9)16(22)18-8-13-19-17(25-20-13)12-6-3-7-23-12/h12H,2-8H2,1H3,(H,18,22)/t12-/m1/s1. The van der Waals surface area contributed by atoms with Crippen molar-refractivity contribution in [3.05, 3.63) is 34.4 Å². The number of hydrogen-bond donors (Lipinski definition) is 1. The summed E-state index contributed by atoms with van der Waals surface area (Å²) in [5.74, 6) is 1.49. The van der Waals surface area contributed by atoms with Gasteiger partial charge in [-0.05, 0) is 26.2 Å². The Hall–Kier alpha value is -2.48. The van der Waals surface area contributed by atoms with E-state index in [0.717, 1.165) is 19.3 Å². The maximum Gasteiger partial charge on any atom is 0.255 e. The fraction of sp³-hybridized carbons (Fsp3) is 0.529. The van der Waals surface area contributed by atoms with Crippen LogP contribution in [-0.4, -0.2) is 28.4 Å². The van der Waals surface area contributed by atoms with Gasteiger partial charge in [0, 0.05) is 19.4 Å². The number of carbonyl (C=O) groups is 2. The third-order valence-corrected chi connectivity index (χ3v) is 4.57. The van der Waals surface area contributed by atoms with Gasteiger partial charge in [-0.25, -0.2) is 0 Å². The van der Waals surface area contributed by atoms with E-state index in [4.69, 9.17) is 13.7 Å². The number of rotatable bonds is 4. The first kappa shape index (κ1) is 16.0. The van der Waals surface area contributed by atoms with Gasteiger partial charge in [0.05, 0.1) is 17.7 Å². The van der Waals surface area contributed by atoms with E-state index >= 15 is 0 Å². The number of nitrogens with zero attached hydrogens (tertiary/aromatic N) is 2. The van der Waals surface area contributed by atoms with Crippen LogP contribution < -0.4 is 5.32 Å². The molecular weight excluding hydrogens is 326 g/mol. The highest BCUT2D eigenvalue weighted by atomic mass is 16.5. The minimum absolute atomic E-state index is 0.0384. The SMILES string of the molecule is Cc1oc2c(c1C(=O)NCc1noc([C@H]3CCCO3)n1)C(=O)CCC2. The molecule has 2 aromatic heterocycles. The largest absolute Gasteiger partial charge is 0.465 e. The summed E-state index contributed by atoms with van der Waals surface area (Å²) in [7, 11) is 0. The van der Waals surface area contributed by atoms with Crippen LogP contribution in [0.1, 0.15) is 75.7 Å². The third kappa shape index (κ3) is 2.97. The van der Waals surface area contributed by atoms with Crippen LogP contribution in [0.25, 0.3) is 0 Å². The Morgan fingerprint density at radius 2 is 2.20 bits per heavy atom. The second-order valence-electron chi connectivity index (χ2n) is 6.34. The molecule has 3 heterocycles. The molecule has 2 aliphatic rings. The summed E-state index contributed by atoms with van der Waals surface area (Å²) < 4.78 is 16.3. The van der Waals surface area contributed by atoms with Crippen LogP contribution >= 0.6 is 0 Å². The van der Waals surface area contributed by atoms with Crippen LogP contribution in [0.3, 0.4) is 0 Å². The molecule has 1 amide bonds. The van der Waals surface area contributed by atoms with E-state index in [-0.39, 0.29) is 24.3 Å². The zero-order valence-electron chi connectivity index (χ0n) is 14.0. The quantitative estimate of drug-likeness (QED) is 0.905. The number of fused-ring (bicyclic) bond motifs is 1. The predicted octanol–water partition coefficient (Wildman–Crippen LogP) is 2.27. The molecule has 0 bridgehead atoms. The molecule has 4 rings (SSSR count). The Balaban J connectivity index is 1.46. The van der Waals surface area contributed by atoms with Crippen molar-refractivity contribution in [1.82, 2.24) is 15.5 Å². The molecule has 2 aromatic rings. The van der Waals surface area contributed by atoms with E-state index < -0.39 is 0 Å². The number of aromatic nitrogens is 2. The fourth-order valence-corrected chi connectivity index (χ4v) is 3.37. The Morgan fingerprint density at radius 3 is 3.00 bits per heavy atom. The Labute approximate surface area is 143 Å². The molecule has 1 atom stereocenters. The second-order valence-corrected chi connectivity index (χ2v) is 6.34. The summed E-state index contributed by atoms with van der Waals surface area (Å²) >= 11 is 0. The molecule has 0 saturated carbocycles. The topological polar surface area (TPSA) is 107 Å². The second kappa shape index (κ2) is 6.44. The van der Waals surface area contributed by atoms with Gasteiger partial charge in [-0.15, -0.1) is 0 Å². The number of ether oxygens (including phenoxy) is 1. The first-order valence-electron chi connectivity index (χ1n) is 8.51. The molecule has 1 fully saturated rings. The highest BCUT2D eigenvalue weighted by Gasteiger charge is 2.30. The van der Waals surface area contributed by atoms with Crippen LogP contribution in [-0.2, 0) is 17.7 Å². The van der Waals surface area contributed by atoms with Crippen molar-refractivity contribution in [3.63, 3.8) is 0 Å². The maximum atomic E-state index is 12.5. The molecule has 1 aliphatic heterocycles.